The van der Waals surface area contributed by atoms with Crippen LogP contribution in [0.3, 0.4) is 0 Å². The van der Waals surface area contributed by atoms with Crippen molar-refractivity contribution in [2.45, 2.75) is 33.2 Å². The molecule has 2 N–H and O–H groups in total. The second kappa shape index (κ2) is 12.2. The molecule has 0 unspecified atom stereocenters. The number of nitrogens with zero attached hydrogens (tertiary/aromatic N) is 1. The van der Waals surface area contributed by atoms with Crippen LogP contribution in [-0.2, 0) is 9.59 Å². The molecule has 1 atom stereocenters. The highest BCUT2D eigenvalue weighted by molar-refractivity contribution is 9.10. The Hall–Kier alpha value is -3.39. The Morgan fingerprint density at radius 2 is 1.82 bits per heavy atom. The van der Waals surface area contributed by atoms with Gasteiger partial charge in [-0.15, -0.1) is 0 Å². The van der Waals surface area contributed by atoms with Crippen LogP contribution in [0.1, 0.15) is 31.6 Å². The molecule has 0 saturated heterocycles. The maximum absolute atomic E-state index is 12.7. The predicted molar refractivity (Wildman–Crippen MR) is 136 cm³/mol. The minimum absolute atomic E-state index is 0.179. The number of para-hydroxylation sites is 1. The highest BCUT2D eigenvalue weighted by Gasteiger charge is 2.22. The van der Waals surface area contributed by atoms with E-state index in [0.29, 0.717) is 23.7 Å². The van der Waals surface area contributed by atoms with Crippen LogP contribution in [0, 0.1) is 12.8 Å². The quantitative estimate of drug-likeness (QED) is 0.285. The average Bonchev–Trinajstić information content (AvgIpc) is 3.27. The van der Waals surface area contributed by atoms with Crippen LogP contribution in [0.4, 0.5) is 0 Å². The smallest absolute Gasteiger partial charge is 0.262 e. The minimum Gasteiger partial charge on any atom is -0.484 e. The highest BCUT2D eigenvalue weighted by Crippen LogP contribution is 2.23. The number of hydrogen-bond acceptors (Lipinski definition) is 5. The van der Waals surface area contributed by atoms with Crippen LogP contribution in [0.5, 0.6) is 5.75 Å². The Balaban J connectivity index is 1.55. The molecule has 0 spiro atoms. The van der Waals surface area contributed by atoms with Crippen molar-refractivity contribution in [2.24, 2.45) is 11.0 Å². The SMILES string of the molecule is Cc1ccccc1OCC(=O)N[C@@H](CC(C)C)C(=O)N/N=C\c1ccc(-c2ccc(Br)cc2)o1. The first kappa shape index (κ1) is 25.2. The standard InChI is InChI=1S/C26H28BrN3O4/c1-17(2)14-22(29-25(31)16-33-23-7-5-4-6-18(23)3)26(32)30-28-15-21-12-13-24(34-21)19-8-10-20(27)11-9-19/h4-13,15,17,22H,14,16H2,1-3H3,(H,29,31)(H,30,32)/b28-15-/t22-/m0/s1. The lowest BCUT2D eigenvalue weighted by molar-refractivity contribution is -0.130. The Kier molecular flexibility index (Phi) is 9.04. The lowest BCUT2D eigenvalue weighted by Gasteiger charge is -2.19. The van der Waals surface area contributed by atoms with Gasteiger partial charge in [0.1, 0.15) is 23.3 Å². The first-order chi connectivity index (χ1) is 16.3. The van der Waals surface area contributed by atoms with Crippen LogP contribution in [0.2, 0.25) is 0 Å². The van der Waals surface area contributed by atoms with Crippen LogP contribution < -0.4 is 15.5 Å². The highest BCUT2D eigenvalue weighted by atomic mass is 79.9. The molecular weight excluding hydrogens is 498 g/mol. The number of hydrazone groups is 1. The van der Waals surface area contributed by atoms with Crippen molar-refractivity contribution in [2.75, 3.05) is 6.61 Å². The third-order valence-corrected chi connectivity index (χ3v) is 5.46. The van der Waals surface area contributed by atoms with Crippen LogP contribution >= 0.6 is 15.9 Å². The molecule has 0 bridgehead atoms. The van der Waals surface area contributed by atoms with Gasteiger partial charge in [0.15, 0.2) is 6.61 Å². The molecule has 1 heterocycles. The number of rotatable bonds is 10. The molecule has 7 nitrogen and oxygen atoms in total. The van der Waals surface area contributed by atoms with Crippen molar-refractivity contribution < 1.29 is 18.7 Å². The summed E-state index contributed by atoms with van der Waals surface area (Å²) < 4.78 is 12.3. The van der Waals surface area contributed by atoms with Crippen LogP contribution in [0.25, 0.3) is 11.3 Å². The van der Waals surface area contributed by atoms with E-state index in [9.17, 15) is 9.59 Å². The van der Waals surface area contributed by atoms with E-state index >= 15 is 0 Å². The van der Waals surface area contributed by atoms with Crippen molar-refractivity contribution in [1.82, 2.24) is 10.7 Å². The summed E-state index contributed by atoms with van der Waals surface area (Å²) in [5.74, 6) is 1.23. The molecule has 8 heteroatoms. The van der Waals surface area contributed by atoms with E-state index in [0.717, 1.165) is 15.6 Å². The van der Waals surface area contributed by atoms with Crippen LogP contribution in [0.15, 0.2) is 74.7 Å². The van der Waals surface area contributed by atoms with Crippen LogP contribution in [-0.4, -0.2) is 30.7 Å². The first-order valence-corrected chi connectivity index (χ1v) is 11.8. The zero-order valence-corrected chi connectivity index (χ0v) is 21.0. The van der Waals surface area contributed by atoms with E-state index in [2.05, 4.69) is 31.8 Å². The topological polar surface area (TPSA) is 92.9 Å². The molecule has 1 aromatic heterocycles. The minimum atomic E-state index is -0.736. The van der Waals surface area contributed by atoms with E-state index in [1.54, 1.807) is 12.1 Å². The molecule has 0 saturated carbocycles. The van der Waals surface area contributed by atoms with Crippen molar-refractivity contribution in [3.63, 3.8) is 0 Å². The van der Waals surface area contributed by atoms with Gasteiger partial charge in [-0.25, -0.2) is 5.43 Å². The molecule has 0 fully saturated rings. The van der Waals surface area contributed by atoms with Gasteiger partial charge < -0.3 is 14.5 Å². The summed E-state index contributed by atoms with van der Waals surface area (Å²) in [5.41, 5.74) is 4.35. The van der Waals surface area contributed by atoms with Crippen molar-refractivity contribution in [3.8, 4) is 17.1 Å². The van der Waals surface area contributed by atoms with Crippen molar-refractivity contribution in [3.05, 3.63) is 76.5 Å². The van der Waals surface area contributed by atoms with Gasteiger partial charge >= 0.3 is 0 Å². The number of halogens is 1. The number of hydrogen-bond donors (Lipinski definition) is 2. The monoisotopic (exact) mass is 525 g/mol. The zero-order chi connectivity index (χ0) is 24.5. The molecular formula is C26H28BrN3O4. The number of ether oxygens (including phenoxy) is 1. The normalized spacial score (nSPS) is 12.0. The largest absolute Gasteiger partial charge is 0.484 e. The zero-order valence-electron chi connectivity index (χ0n) is 19.4. The van der Waals surface area contributed by atoms with Gasteiger partial charge in [0.2, 0.25) is 0 Å². The van der Waals surface area contributed by atoms with Crippen molar-refractivity contribution >= 4 is 34.0 Å². The molecule has 0 radical (unpaired) electrons. The van der Waals surface area contributed by atoms with Gasteiger partial charge in [-0.1, -0.05) is 60.1 Å². The number of carbonyl (C=O) groups excluding carboxylic acids is 2. The number of furan rings is 1. The Bertz CT molecular complexity index is 1140. The van der Waals surface area contributed by atoms with Gasteiger partial charge in [0.05, 0.1) is 6.21 Å². The summed E-state index contributed by atoms with van der Waals surface area (Å²) in [5, 5.41) is 6.73. The molecule has 178 valence electrons. The van der Waals surface area contributed by atoms with Crippen molar-refractivity contribution in [1.29, 1.82) is 0 Å². The summed E-state index contributed by atoms with van der Waals surface area (Å²) in [6.07, 6.45) is 1.89. The number of amides is 2. The summed E-state index contributed by atoms with van der Waals surface area (Å²) in [4.78, 5) is 25.1. The molecule has 3 rings (SSSR count). The molecule has 34 heavy (non-hydrogen) atoms. The molecule has 0 aliphatic carbocycles. The average molecular weight is 526 g/mol. The number of benzene rings is 2. The van der Waals surface area contributed by atoms with E-state index in [-0.39, 0.29) is 18.4 Å². The molecule has 0 aliphatic heterocycles. The molecule has 0 aliphatic rings. The van der Waals surface area contributed by atoms with Gasteiger partial charge in [-0.2, -0.15) is 5.10 Å². The second-order valence-corrected chi connectivity index (χ2v) is 9.16. The molecule has 2 aromatic carbocycles. The number of nitrogens with one attached hydrogen (secondary N) is 2. The lowest BCUT2D eigenvalue weighted by Crippen LogP contribution is -2.47. The van der Waals surface area contributed by atoms with E-state index in [1.807, 2.05) is 69.3 Å². The van der Waals surface area contributed by atoms with E-state index < -0.39 is 11.9 Å². The first-order valence-electron chi connectivity index (χ1n) is 11.0. The summed E-state index contributed by atoms with van der Waals surface area (Å²) in [7, 11) is 0. The van der Waals surface area contributed by atoms with Gasteiger partial charge in [-0.3, -0.25) is 9.59 Å². The summed E-state index contributed by atoms with van der Waals surface area (Å²) in [6, 6.07) is 18.0. The van der Waals surface area contributed by atoms with Gasteiger partial charge in [0, 0.05) is 10.0 Å². The summed E-state index contributed by atoms with van der Waals surface area (Å²) >= 11 is 3.41. The second-order valence-electron chi connectivity index (χ2n) is 8.25. The Morgan fingerprint density at radius 3 is 2.53 bits per heavy atom. The molecule has 2 amide bonds. The Morgan fingerprint density at radius 1 is 1.09 bits per heavy atom. The fraction of sp³-hybridized carbons (Fsp3) is 0.269. The third-order valence-electron chi connectivity index (χ3n) is 4.93. The molecule has 3 aromatic rings. The van der Waals surface area contributed by atoms with Gasteiger partial charge in [-0.05, 0) is 55.2 Å². The fourth-order valence-electron chi connectivity index (χ4n) is 3.23. The van der Waals surface area contributed by atoms with Gasteiger partial charge in [0.25, 0.3) is 11.8 Å². The number of carbonyl (C=O) groups is 2. The maximum atomic E-state index is 12.7. The Labute approximate surface area is 207 Å². The lowest BCUT2D eigenvalue weighted by atomic mass is 10.0. The third kappa shape index (κ3) is 7.59. The predicted octanol–water partition coefficient (Wildman–Crippen LogP) is 5.08. The van der Waals surface area contributed by atoms with E-state index in [1.165, 1.54) is 6.21 Å². The maximum Gasteiger partial charge on any atom is 0.262 e. The summed E-state index contributed by atoms with van der Waals surface area (Å²) in [6.45, 7) is 5.68. The number of aryl methyl sites for hydroxylation is 1. The van der Waals surface area contributed by atoms with E-state index in [4.69, 9.17) is 9.15 Å². The fourth-order valence-corrected chi connectivity index (χ4v) is 3.49.